The third kappa shape index (κ3) is 3.73. The smallest absolute Gasteiger partial charge is 0.355 e. The minimum atomic E-state index is -5.20. The molecule has 2 aliphatic carbocycles. The molecule has 0 amide bonds. The molecule has 0 aromatic carbocycles. The monoisotopic (exact) mass is 407 g/mol. The van der Waals surface area contributed by atoms with Crippen LogP contribution in [0.1, 0.15) is 51.9 Å². The number of piperidine rings is 1. The molecule has 9 heteroatoms. The van der Waals surface area contributed by atoms with Crippen LogP contribution < -0.4 is 0 Å². The molecular formula is C18H28F3N3O2S. The van der Waals surface area contributed by atoms with Gasteiger partial charge < -0.3 is 4.90 Å². The van der Waals surface area contributed by atoms with Crippen LogP contribution in [0.3, 0.4) is 0 Å². The van der Waals surface area contributed by atoms with E-state index in [0.717, 1.165) is 19.4 Å². The molecule has 4 aliphatic rings. The highest BCUT2D eigenvalue weighted by Gasteiger charge is 2.51. The SMILES string of the molecule is CC1CCC2N=C(C3CC3)N(CC3CCN(S(=O)(=O)C(F)(F)F)CC3)C2C1. The lowest BCUT2D eigenvalue weighted by atomic mass is 9.83. The molecule has 2 saturated carbocycles. The first kappa shape index (κ1) is 19.5. The number of aliphatic imine (C=N–C) groups is 1. The Morgan fingerprint density at radius 3 is 2.33 bits per heavy atom. The molecule has 0 spiro atoms. The molecule has 0 aromatic heterocycles. The maximum absolute atomic E-state index is 12.8. The second kappa shape index (κ2) is 6.90. The maximum Gasteiger partial charge on any atom is 0.511 e. The molecule has 2 aliphatic heterocycles. The van der Waals surface area contributed by atoms with Crippen LogP contribution in [0, 0.1) is 17.8 Å². The fraction of sp³-hybridized carbons (Fsp3) is 0.944. The van der Waals surface area contributed by atoms with Gasteiger partial charge in [0.2, 0.25) is 0 Å². The van der Waals surface area contributed by atoms with Gasteiger partial charge in [-0.05, 0) is 56.8 Å². The van der Waals surface area contributed by atoms with Gasteiger partial charge in [0.15, 0.2) is 0 Å². The molecule has 27 heavy (non-hydrogen) atoms. The topological polar surface area (TPSA) is 53.0 Å². The highest BCUT2D eigenvalue weighted by molar-refractivity contribution is 7.90. The first-order valence-electron chi connectivity index (χ1n) is 10.1. The van der Waals surface area contributed by atoms with Crippen LogP contribution in [0.25, 0.3) is 0 Å². The fourth-order valence-corrected chi connectivity index (χ4v) is 5.89. The van der Waals surface area contributed by atoms with Gasteiger partial charge in [0, 0.05) is 25.6 Å². The van der Waals surface area contributed by atoms with Gasteiger partial charge >= 0.3 is 15.5 Å². The van der Waals surface area contributed by atoms with Crippen molar-refractivity contribution in [1.82, 2.24) is 9.21 Å². The summed E-state index contributed by atoms with van der Waals surface area (Å²) in [6.45, 7) is 3.01. The molecule has 0 aromatic rings. The zero-order valence-electron chi connectivity index (χ0n) is 15.7. The Morgan fingerprint density at radius 2 is 1.74 bits per heavy atom. The van der Waals surface area contributed by atoms with Gasteiger partial charge in [-0.15, -0.1) is 0 Å². The molecule has 3 atom stereocenters. The predicted octanol–water partition coefficient (Wildman–Crippen LogP) is 3.23. The van der Waals surface area contributed by atoms with Crippen LogP contribution in [0.5, 0.6) is 0 Å². The second-order valence-corrected chi connectivity index (χ2v) is 10.7. The van der Waals surface area contributed by atoms with E-state index in [1.807, 2.05) is 0 Å². The molecule has 154 valence electrons. The summed E-state index contributed by atoms with van der Waals surface area (Å²) in [6, 6.07) is 0.809. The van der Waals surface area contributed by atoms with E-state index >= 15 is 0 Å². The van der Waals surface area contributed by atoms with E-state index in [1.54, 1.807) is 0 Å². The van der Waals surface area contributed by atoms with Crippen molar-refractivity contribution in [2.45, 2.75) is 69.5 Å². The van der Waals surface area contributed by atoms with Crippen LogP contribution in [0.4, 0.5) is 13.2 Å². The second-order valence-electron chi connectivity index (χ2n) is 8.76. The Bertz CT molecular complexity index is 697. The Kier molecular flexibility index (Phi) is 4.98. The number of nitrogens with zero attached hydrogens (tertiary/aromatic N) is 3. The number of fused-ring (bicyclic) bond motifs is 1. The summed E-state index contributed by atoms with van der Waals surface area (Å²) in [6.07, 6.45) is 6.81. The lowest BCUT2D eigenvalue weighted by molar-refractivity contribution is -0.0497. The third-order valence-electron chi connectivity index (χ3n) is 6.64. The number of rotatable bonds is 4. The van der Waals surface area contributed by atoms with E-state index in [1.165, 1.54) is 25.1 Å². The maximum atomic E-state index is 12.8. The lowest BCUT2D eigenvalue weighted by Crippen LogP contribution is -2.49. The third-order valence-corrected chi connectivity index (χ3v) is 8.27. The van der Waals surface area contributed by atoms with Crippen molar-refractivity contribution in [3.63, 3.8) is 0 Å². The summed E-state index contributed by atoms with van der Waals surface area (Å²) in [4.78, 5) is 7.48. The molecule has 4 rings (SSSR count). The first-order chi connectivity index (χ1) is 12.7. The van der Waals surface area contributed by atoms with E-state index in [9.17, 15) is 21.6 Å². The Balaban J connectivity index is 1.40. The molecule has 2 heterocycles. The predicted molar refractivity (Wildman–Crippen MR) is 96.7 cm³/mol. The summed E-state index contributed by atoms with van der Waals surface area (Å²) in [5, 5.41) is 0. The molecule has 0 radical (unpaired) electrons. The normalized spacial score (nSPS) is 33.9. The van der Waals surface area contributed by atoms with Crippen molar-refractivity contribution < 1.29 is 21.6 Å². The van der Waals surface area contributed by atoms with E-state index in [-0.39, 0.29) is 19.0 Å². The van der Waals surface area contributed by atoms with Crippen molar-refractivity contribution in [3.05, 3.63) is 0 Å². The summed E-state index contributed by atoms with van der Waals surface area (Å²) in [5.74, 6) is 2.70. The standard InChI is InChI=1S/C18H28F3N3O2S/c1-12-2-5-15-16(10-12)24(17(22-15)14-3-4-14)11-13-6-8-23(9-7-13)27(25,26)18(19,20)21/h12-16H,2-11H2,1H3. The summed E-state index contributed by atoms with van der Waals surface area (Å²) >= 11 is 0. The number of halogens is 3. The fourth-order valence-electron chi connectivity index (χ4n) is 4.90. The Hall–Kier alpha value is -0.830. The minimum absolute atomic E-state index is 0.0409. The summed E-state index contributed by atoms with van der Waals surface area (Å²) in [5.41, 5.74) is -5.20. The Morgan fingerprint density at radius 1 is 1.07 bits per heavy atom. The van der Waals surface area contributed by atoms with Gasteiger partial charge in [-0.25, -0.2) is 8.42 Å². The van der Waals surface area contributed by atoms with Crippen molar-refractivity contribution in [2.75, 3.05) is 19.6 Å². The molecule has 0 N–H and O–H groups in total. The quantitative estimate of drug-likeness (QED) is 0.719. The highest BCUT2D eigenvalue weighted by Crippen LogP contribution is 2.42. The molecular weight excluding hydrogens is 379 g/mol. The number of alkyl halides is 3. The molecule has 5 nitrogen and oxygen atoms in total. The van der Waals surface area contributed by atoms with Gasteiger partial charge in [-0.2, -0.15) is 17.5 Å². The van der Waals surface area contributed by atoms with Gasteiger partial charge in [-0.3, -0.25) is 4.99 Å². The van der Waals surface area contributed by atoms with Gasteiger partial charge in [0.1, 0.15) is 5.84 Å². The van der Waals surface area contributed by atoms with Crippen molar-refractivity contribution in [3.8, 4) is 0 Å². The molecule has 3 unspecified atom stereocenters. The van der Waals surface area contributed by atoms with Crippen LogP contribution in [0.15, 0.2) is 4.99 Å². The summed E-state index contributed by atoms with van der Waals surface area (Å²) < 4.78 is 62.1. The van der Waals surface area contributed by atoms with Crippen molar-refractivity contribution >= 4 is 15.9 Å². The Labute approximate surface area is 159 Å². The van der Waals surface area contributed by atoms with Crippen molar-refractivity contribution in [1.29, 1.82) is 0 Å². The highest BCUT2D eigenvalue weighted by atomic mass is 32.2. The van der Waals surface area contributed by atoms with E-state index < -0.39 is 15.5 Å². The van der Waals surface area contributed by atoms with Crippen LogP contribution in [-0.4, -0.2) is 60.7 Å². The molecule has 3 fully saturated rings. The minimum Gasteiger partial charge on any atom is -0.355 e. The van der Waals surface area contributed by atoms with E-state index in [0.29, 0.717) is 41.1 Å². The first-order valence-corrected chi connectivity index (χ1v) is 11.5. The van der Waals surface area contributed by atoms with E-state index in [4.69, 9.17) is 4.99 Å². The van der Waals surface area contributed by atoms with Gasteiger partial charge in [0.05, 0.1) is 12.1 Å². The van der Waals surface area contributed by atoms with Crippen LogP contribution in [-0.2, 0) is 10.0 Å². The molecule has 1 saturated heterocycles. The number of hydrogen-bond acceptors (Lipinski definition) is 4. The largest absolute Gasteiger partial charge is 0.511 e. The summed E-state index contributed by atoms with van der Waals surface area (Å²) in [7, 11) is -5.19. The number of amidine groups is 1. The number of hydrogen-bond donors (Lipinski definition) is 0. The van der Waals surface area contributed by atoms with Crippen LogP contribution >= 0.6 is 0 Å². The zero-order chi connectivity index (χ0) is 19.4. The molecule has 0 bridgehead atoms. The van der Waals surface area contributed by atoms with E-state index in [2.05, 4.69) is 11.8 Å². The van der Waals surface area contributed by atoms with Gasteiger partial charge in [0.25, 0.3) is 0 Å². The van der Waals surface area contributed by atoms with Crippen molar-refractivity contribution in [2.24, 2.45) is 22.7 Å². The van der Waals surface area contributed by atoms with Crippen LogP contribution in [0.2, 0.25) is 0 Å². The van der Waals surface area contributed by atoms with Gasteiger partial charge in [-0.1, -0.05) is 6.92 Å². The average molecular weight is 408 g/mol. The zero-order valence-corrected chi connectivity index (χ0v) is 16.5. The number of sulfonamides is 1. The lowest BCUT2D eigenvalue weighted by Gasteiger charge is -2.39. The average Bonchev–Trinajstić information content (AvgIpc) is 3.38.